The molecule has 1 aliphatic carbocycles. The lowest BCUT2D eigenvalue weighted by Gasteiger charge is -2.27. The van der Waals surface area contributed by atoms with E-state index in [2.05, 4.69) is 5.32 Å². The van der Waals surface area contributed by atoms with Crippen molar-refractivity contribution >= 4 is 21.6 Å². The number of carbonyl (C=O) groups is 1. The van der Waals surface area contributed by atoms with Crippen molar-refractivity contribution in [2.45, 2.75) is 49.5 Å². The summed E-state index contributed by atoms with van der Waals surface area (Å²) in [6.07, 6.45) is 6.15. The molecule has 0 aromatic heterocycles. The average Bonchev–Trinajstić information content (AvgIpc) is 3.14. The van der Waals surface area contributed by atoms with Gasteiger partial charge in [-0.05, 0) is 37.1 Å². The summed E-state index contributed by atoms with van der Waals surface area (Å²) in [5.74, 6) is 0.984. The van der Waals surface area contributed by atoms with Crippen LogP contribution in [0.2, 0.25) is 0 Å². The summed E-state index contributed by atoms with van der Waals surface area (Å²) in [7, 11) is 1.61. The van der Waals surface area contributed by atoms with E-state index in [1.165, 1.54) is 52.7 Å². The molecule has 2 aromatic carbocycles. The molecule has 0 unspecified atom stereocenters. The molecule has 3 rings (SSSR count). The molecule has 1 fully saturated rings. The molecule has 35 heavy (non-hydrogen) atoms. The lowest BCUT2D eigenvalue weighted by Crippen LogP contribution is -2.44. The van der Waals surface area contributed by atoms with Gasteiger partial charge < -0.3 is 24.3 Å². The second-order valence-corrected chi connectivity index (χ2v) is 10.2. The maximum absolute atomic E-state index is 13.9. The van der Waals surface area contributed by atoms with E-state index in [-0.39, 0.29) is 34.0 Å². The molecule has 1 saturated carbocycles. The van der Waals surface area contributed by atoms with Crippen LogP contribution in [0.1, 0.15) is 38.5 Å². The molecule has 0 atom stereocenters. The summed E-state index contributed by atoms with van der Waals surface area (Å²) in [6, 6.07) is 9.14. The van der Waals surface area contributed by atoms with Crippen molar-refractivity contribution in [1.82, 2.24) is 5.32 Å². The second kappa shape index (κ2) is 12.0. The molecule has 0 saturated heterocycles. The molecule has 10 heteroatoms. The van der Waals surface area contributed by atoms with Crippen LogP contribution in [0.4, 0.5) is 5.69 Å². The lowest BCUT2D eigenvalue weighted by molar-refractivity contribution is -0.120. The zero-order valence-corrected chi connectivity index (χ0v) is 21.5. The number of sulfonamides is 1. The number of amides is 1. The summed E-state index contributed by atoms with van der Waals surface area (Å²) in [5, 5.41) is 3.03. The van der Waals surface area contributed by atoms with E-state index in [1.807, 2.05) is 0 Å². The van der Waals surface area contributed by atoms with Gasteiger partial charge in [0.1, 0.15) is 18.0 Å². The topological polar surface area (TPSA) is 103 Å². The highest BCUT2D eigenvalue weighted by Gasteiger charge is 2.31. The molecule has 9 nitrogen and oxygen atoms in total. The predicted octanol–water partition coefficient (Wildman–Crippen LogP) is 3.76. The summed E-state index contributed by atoms with van der Waals surface area (Å²) in [4.78, 5) is 13.1. The van der Waals surface area contributed by atoms with E-state index in [4.69, 9.17) is 18.9 Å². The van der Waals surface area contributed by atoms with Crippen LogP contribution in [-0.4, -0.2) is 55.4 Å². The van der Waals surface area contributed by atoms with Gasteiger partial charge in [0, 0.05) is 18.2 Å². The summed E-state index contributed by atoms with van der Waals surface area (Å²) >= 11 is 0. The molecule has 192 valence electrons. The number of hydrogen-bond acceptors (Lipinski definition) is 7. The van der Waals surface area contributed by atoms with Gasteiger partial charge >= 0.3 is 0 Å². The van der Waals surface area contributed by atoms with Gasteiger partial charge in [0.25, 0.3) is 10.0 Å². The Balaban J connectivity index is 2.03. The highest BCUT2D eigenvalue weighted by atomic mass is 32.2. The van der Waals surface area contributed by atoms with Gasteiger partial charge in [-0.3, -0.25) is 9.10 Å². The third-order valence-corrected chi connectivity index (χ3v) is 7.86. The van der Waals surface area contributed by atoms with Crippen LogP contribution in [0.25, 0.3) is 0 Å². The maximum Gasteiger partial charge on any atom is 0.265 e. The largest absolute Gasteiger partial charge is 0.497 e. The van der Waals surface area contributed by atoms with Crippen LogP contribution < -0.4 is 28.6 Å². The van der Waals surface area contributed by atoms with Crippen molar-refractivity contribution in [1.29, 1.82) is 0 Å². The number of anilines is 1. The van der Waals surface area contributed by atoms with E-state index in [0.29, 0.717) is 11.5 Å². The minimum Gasteiger partial charge on any atom is -0.497 e. The van der Waals surface area contributed by atoms with Crippen LogP contribution in [0.15, 0.2) is 41.3 Å². The number of nitrogens with one attached hydrogen (secondary N) is 1. The van der Waals surface area contributed by atoms with Gasteiger partial charge in [-0.15, -0.1) is 0 Å². The Morgan fingerprint density at radius 2 is 1.49 bits per heavy atom. The van der Waals surface area contributed by atoms with Crippen molar-refractivity contribution in [3.63, 3.8) is 0 Å². The fourth-order valence-corrected chi connectivity index (χ4v) is 5.66. The average molecular weight is 507 g/mol. The smallest absolute Gasteiger partial charge is 0.265 e. The molecule has 0 bridgehead atoms. The van der Waals surface area contributed by atoms with Crippen molar-refractivity contribution < 1.29 is 32.2 Å². The third-order valence-electron chi connectivity index (χ3n) is 6.11. The molecule has 0 aliphatic heterocycles. The van der Waals surface area contributed by atoms with Gasteiger partial charge in [0.05, 0.1) is 39.0 Å². The van der Waals surface area contributed by atoms with E-state index in [0.717, 1.165) is 42.8 Å². The fourth-order valence-electron chi connectivity index (χ4n) is 4.22. The SMILES string of the molecule is COc1ccc(OC)c(N(CC(=O)NC2CCCCCC2)S(=O)(=O)c2ccc(OC)c(OC)c2)c1. The number of hydrogen-bond donors (Lipinski definition) is 1. The predicted molar refractivity (Wildman–Crippen MR) is 133 cm³/mol. The van der Waals surface area contributed by atoms with Gasteiger partial charge in [-0.25, -0.2) is 8.42 Å². The highest BCUT2D eigenvalue weighted by Crippen LogP contribution is 2.37. The van der Waals surface area contributed by atoms with Crippen LogP contribution in [0, 0.1) is 0 Å². The second-order valence-electron chi connectivity index (χ2n) is 8.32. The number of benzene rings is 2. The van der Waals surface area contributed by atoms with Crippen LogP contribution in [-0.2, 0) is 14.8 Å². The Kier molecular flexibility index (Phi) is 9.08. The molecule has 0 heterocycles. The summed E-state index contributed by atoms with van der Waals surface area (Å²) in [5.41, 5.74) is 0.192. The number of ether oxygens (including phenoxy) is 4. The zero-order valence-electron chi connectivity index (χ0n) is 20.7. The minimum atomic E-state index is -4.21. The monoisotopic (exact) mass is 506 g/mol. The molecular weight excluding hydrogens is 472 g/mol. The van der Waals surface area contributed by atoms with E-state index in [1.54, 1.807) is 12.1 Å². The quantitative estimate of drug-likeness (QED) is 0.490. The van der Waals surface area contributed by atoms with Crippen LogP contribution in [0.3, 0.4) is 0 Å². The van der Waals surface area contributed by atoms with Crippen molar-refractivity contribution in [2.24, 2.45) is 0 Å². The number of methoxy groups -OCH3 is 4. The van der Waals surface area contributed by atoms with E-state index in [9.17, 15) is 13.2 Å². The first kappa shape index (κ1) is 26.5. The fraction of sp³-hybridized carbons (Fsp3) is 0.480. The highest BCUT2D eigenvalue weighted by molar-refractivity contribution is 7.92. The first-order valence-electron chi connectivity index (χ1n) is 11.6. The Morgan fingerprint density at radius 3 is 2.09 bits per heavy atom. The molecule has 0 radical (unpaired) electrons. The number of carbonyl (C=O) groups excluding carboxylic acids is 1. The summed E-state index contributed by atoms with van der Waals surface area (Å²) in [6.45, 7) is -0.420. The number of nitrogens with zero attached hydrogens (tertiary/aromatic N) is 1. The van der Waals surface area contributed by atoms with Crippen molar-refractivity contribution in [2.75, 3.05) is 39.3 Å². The van der Waals surface area contributed by atoms with Crippen molar-refractivity contribution in [3.8, 4) is 23.0 Å². The Labute approximate surface area is 207 Å². The zero-order chi connectivity index (χ0) is 25.4. The van der Waals surface area contributed by atoms with Gasteiger partial charge in [0.15, 0.2) is 11.5 Å². The molecule has 2 aromatic rings. The molecule has 0 spiro atoms. The van der Waals surface area contributed by atoms with Crippen LogP contribution in [0.5, 0.6) is 23.0 Å². The Hall–Kier alpha value is -3.14. The van der Waals surface area contributed by atoms with Gasteiger partial charge in [-0.2, -0.15) is 0 Å². The van der Waals surface area contributed by atoms with Gasteiger partial charge in [-0.1, -0.05) is 25.7 Å². The van der Waals surface area contributed by atoms with Gasteiger partial charge in [0.2, 0.25) is 5.91 Å². The Morgan fingerprint density at radius 1 is 0.857 bits per heavy atom. The number of rotatable bonds is 10. The molecular formula is C25H34N2O7S. The maximum atomic E-state index is 13.9. The lowest BCUT2D eigenvalue weighted by atomic mass is 10.1. The third kappa shape index (κ3) is 6.30. The molecule has 1 N–H and O–H groups in total. The van der Waals surface area contributed by atoms with E-state index < -0.39 is 16.6 Å². The molecule has 1 amide bonds. The summed E-state index contributed by atoms with van der Waals surface area (Å²) < 4.78 is 50.2. The molecule has 1 aliphatic rings. The normalized spacial score (nSPS) is 14.5. The van der Waals surface area contributed by atoms with Crippen molar-refractivity contribution in [3.05, 3.63) is 36.4 Å². The Bertz CT molecular complexity index is 1110. The first-order chi connectivity index (χ1) is 16.8. The standard InChI is InChI=1S/C25H34N2O7S/c1-31-19-11-13-22(32-2)21(15-19)27(17-25(28)26-18-9-7-5-6-8-10-18)35(29,30)20-12-14-23(33-3)24(16-20)34-4/h11-16,18H,5-10,17H2,1-4H3,(H,26,28). The van der Waals surface area contributed by atoms with Crippen LogP contribution >= 0.6 is 0 Å². The minimum absolute atomic E-state index is 0.0304. The van der Waals surface area contributed by atoms with E-state index >= 15 is 0 Å². The first-order valence-corrected chi connectivity index (χ1v) is 13.0.